The number of nitrogens with one attached hydrogen (secondary N) is 1. The summed E-state index contributed by atoms with van der Waals surface area (Å²) in [5, 5.41) is 3.21. The summed E-state index contributed by atoms with van der Waals surface area (Å²) in [4.78, 5) is 13.0. The second-order valence-electron chi connectivity index (χ2n) is 4.86. The van der Waals surface area contributed by atoms with Crippen molar-refractivity contribution in [1.82, 2.24) is 10.2 Å². The van der Waals surface area contributed by atoms with Crippen LogP contribution in [0.3, 0.4) is 0 Å². The normalized spacial score (nSPS) is 25.0. The Hall–Kier alpha value is -0.780. The van der Waals surface area contributed by atoms with Crippen LogP contribution < -0.4 is 5.32 Å². The van der Waals surface area contributed by atoms with Crippen LogP contribution in [-0.4, -0.2) is 42.2 Å². The van der Waals surface area contributed by atoms with Gasteiger partial charge >= 0.3 is 6.18 Å². The fourth-order valence-corrected chi connectivity index (χ4v) is 2.26. The lowest BCUT2D eigenvalue weighted by Gasteiger charge is -2.26. The molecule has 98 valence electrons. The lowest BCUT2D eigenvalue weighted by molar-refractivity contribution is -0.162. The van der Waals surface area contributed by atoms with E-state index in [4.69, 9.17) is 0 Å². The first-order valence-corrected chi connectivity index (χ1v) is 6.05. The molecule has 1 aliphatic heterocycles. The molecule has 0 aromatic rings. The van der Waals surface area contributed by atoms with Gasteiger partial charge in [0.15, 0.2) is 0 Å². The molecule has 3 nitrogen and oxygen atoms in total. The van der Waals surface area contributed by atoms with Crippen molar-refractivity contribution >= 4 is 5.91 Å². The van der Waals surface area contributed by atoms with Gasteiger partial charge in [-0.2, -0.15) is 13.2 Å². The number of halogens is 3. The largest absolute Gasteiger partial charge is 0.397 e. The maximum Gasteiger partial charge on any atom is 0.397 e. The second kappa shape index (κ2) is 4.84. The molecule has 1 heterocycles. The van der Waals surface area contributed by atoms with Gasteiger partial charge in [-0.15, -0.1) is 0 Å². The summed E-state index contributed by atoms with van der Waals surface area (Å²) >= 11 is 0. The maximum atomic E-state index is 12.2. The molecule has 0 spiro atoms. The fourth-order valence-electron chi connectivity index (χ4n) is 2.26. The molecule has 1 unspecified atom stereocenters. The minimum Gasteiger partial charge on any atom is -0.338 e. The molecule has 0 aromatic heterocycles. The Labute approximate surface area is 98.3 Å². The predicted molar refractivity (Wildman–Crippen MR) is 56.4 cm³/mol. The van der Waals surface area contributed by atoms with Crippen molar-refractivity contribution in [3.63, 3.8) is 0 Å². The summed E-state index contributed by atoms with van der Waals surface area (Å²) in [6.45, 7) is 1.33. The van der Waals surface area contributed by atoms with Crippen molar-refractivity contribution in [2.24, 2.45) is 0 Å². The second-order valence-corrected chi connectivity index (χ2v) is 4.86. The van der Waals surface area contributed by atoms with Crippen LogP contribution in [0, 0.1) is 0 Å². The van der Waals surface area contributed by atoms with Gasteiger partial charge in [-0.25, -0.2) is 0 Å². The smallest absolute Gasteiger partial charge is 0.338 e. The van der Waals surface area contributed by atoms with Gasteiger partial charge in [-0.05, 0) is 32.2 Å². The summed E-state index contributed by atoms with van der Waals surface area (Å²) < 4.78 is 36.6. The molecule has 1 amide bonds. The summed E-state index contributed by atoms with van der Waals surface area (Å²) in [7, 11) is 0. The third kappa shape index (κ3) is 3.87. The number of carbonyl (C=O) groups excluding carboxylic acids is 1. The van der Waals surface area contributed by atoms with E-state index in [1.807, 2.05) is 0 Å². The summed E-state index contributed by atoms with van der Waals surface area (Å²) in [5.41, 5.74) is 0. The van der Waals surface area contributed by atoms with Crippen LogP contribution in [0.1, 0.15) is 32.1 Å². The molecule has 6 heteroatoms. The molecule has 1 atom stereocenters. The summed E-state index contributed by atoms with van der Waals surface area (Å²) in [5.74, 6) is -0.770. The Morgan fingerprint density at radius 3 is 2.47 bits per heavy atom. The average Bonchev–Trinajstić information content (AvgIpc) is 2.89. The molecule has 0 aromatic carbocycles. The molecule has 17 heavy (non-hydrogen) atoms. The molecule has 1 N–H and O–H groups in total. The first-order valence-electron chi connectivity index (χ1n) is 6.05. The van der Waals surface area contributed by atoms with Crippen molar-refractivity contribution in [3.05, 3.63) is 0 Å². The number of amides is 1. The standard InChI is InChI=1S/C11H17F3N2O/c12-11(13,14)6-10(17)16(9-3-4-9)7-8-2-1-5-15-8/h8-9,15H,1-7H2. The van der Waals surface area contributed by atoms with Crippen LogP contribution in [0.4, 0.5) is 13.2 Å². The lowest BCUT2D eigenvalue weighted by Crippen LogP contribution is -2.43. The Balaban J connectivity index is 1.89. The highest BCUT2D eigenvalue weighted by Gasteiger charge is 2.39. The highest BCUT2D eigenvalue weighted by Crippen LogP contribution is 2.30. The van der Waals surface area contributed by atoms with E-state index in [-0.39, 0.29) is 12.1 Å². The highest BCUT2D eigenvalue weighted by molar-refractivity contribution is 5.77. The van der Waals surface area contributed by atoms with Crippen molar-refractivity contribution in [2.45, 2.75) is 50.4 Å². The van der Waals surface area contributed by atoms with Crippen LogP contribution >= 0.6 is 0 Å². The molecule has 2 rings (SSSR count). The predicted octanol–water partition coefficient (Wildman–Crippen LogP) is 1.68. The van der Waals surface area contributed by atoms with Crippen molar-refractivity contribution < 1.29 is 18.0 Å². The zero-order valence-electron chi connectivity index (χ0n) is 9.59. The molecule has 1 saturated carbocycles. The van der Waals surface area contributed by atoms with Gasteiger partial charge in [0.25, 0.3) is 0 Å². The number of hydrogen-bond acceptors (Lipinski definition) is 2. The Morgan fingerprint density at radius 2 is 2.00 bits per heavy atom. The van der Waals surface area contributed by atoms with Gasteiger partial charge in [0.05, 0.1) is 0 Å². The van der Waals surface area contributed by atoms with Crippen LogP contribution in [0.25, 0.3) is 0 Å². The summed E-state index contributed by atoms with van der Waals surface area (Å²) in [6.07, 6.45) is -2.05. The molecular weight excluding hydrogens is 233 g/mol. The molecule has 2 fully saturated rings. The van der Waals surface area contributed by atoms with Crippen LogP contribution in [0.15, 0.2) is 0 Å². The molecule has 2 aliphatic rings. The van der Waals surface area contributed by atoms with E-state index in [0.29, 0.717) is 6.54 Å². The Kier molecular flexibility index (Phi) is 3.61. The SMILES string of the molecule is O=C(CC(F)(F)F)N(CC1CCCN1)C1CC1. The molecule has 0 bridgehead atoms. The van der Waals surface area contributed by atoms with E-state index in [9.17, 15) is 18.0 Å². The third-order valence-electron chi connectivity index (χ3n) is 3.24. The topological polar surface area (TPSA) is 32.3 Å². The molecule has 0 radical (unpaired) electrons. The summed E-state index contributed by atoms with van der Waals surface area (Å²) in [6, 6.07) is 0.222. The van der Waals surface area contributed by atoms with E-state index in [0.717, 1.165) is 32.2 Å². The van der Waals surface area contributed by atoms with E-state index >= 15 is 0 Å². The van der Waals surface area contributed by atoms with Crippen molar-refractivity contribution in [2.75, 3.05) is 13.1 Å². The Bertz CT molecular complexity index is 283. The molecule has 1 aliphatic carbocycles. The van der Waals surface area contributed by atoms with E-state index < -0.39 is 18.5 Å². The molecule has 1 saturated heterocycles. The quantitative estimate of drug-likeness (QED) is 0.823. The van der Waals surface area contributed by atoms with Gasteiger partial charge in [0, 0.05) is 18.6 Å². The van der Waals surface area contributed by atoms with Crippen molar-refractivity contribution in [3.8, 4) is 0 Å². The number of carbonyl (C=O) groups is 1. The lowest BCUT2D eigenvalue weighted by atomic mass is 10.2. The highest BCUT2D eigenvalue weighted by atomic mass is 19.4. The maximum absolute atomic E-state index is 12.2. The number of rotatable bonds is 4. The first kappa shape index (κ1) is 12.7. The van der Waals surface area contributed by atoms with Crippen LogP contribution in [0.2, 0.25) is 0 Å². The van der Waals surface area contributed by atoms with E-state index in [1.54, 1.807) is 0 Å². The van der Waals surface area contributed by atoms with Gasteiger partial charge in [-0.1, -0.05) is 0 Å². The first-order chi connectivity index (χ1) is 7.96. The Morgan fingerprint density at radius 1 is 1.29 bits per heavy atom. The van der Waals surface area contributed by atoms with Crippen molar-refractivity contribution in [1.29, 1.82) is 0 Å². The van der Waals surface area contributed by atoms with Gasteiger partial charge in [-0.3, -0.25) is 4.79 Å². The zero-order valence-corrected chi connectivity index (χ0v) is 9.59. The number of alkyl halides is 3. The monoisotopic (exact) mass is 250 g/mol. The van der Waals surface area contributed by atoms with Crippen LogP contribution in [-0.2, 0) is 4.79 Å². The third-order valence-corrected chi connectivity index (χ3v) is 3.24. The average molecular weight is 250 g/mol. The zero-order chi connectivity index (χ0) is 12.5. The van der Waals surface area contributed by atoms with Gasteiger partial charge in [0.1, 0.15) is 6.42 Å². The van der Waals surface area contributed by atoms with Crippen LogP contribution in [0.5, 0.6) is 0 Å². The van der Waals surface area contributed by atoms with E-state index in [1.165, 1.54) is 4.90 Å². The molecular formula is C11H17F3N2O. The van der Waals surface area contributed by atoms with Gasteiger partial charge in [0.2, 0.25) is 5.91 Å². The minimum absolute atomic E-state index is 0.0484. The number of hydrogen-bond donors (Lipinski definition) is 1. The minimum atomic E-state index is -4.40. The van der Waals surface area contributed by atoms with E-state index in [2.05, 4.69) is 5.32 Å². The number of nitrogens with zero attached hydrogens (tertiary/aromatic N) is 1. The van der Waals surface area contributed by atoms with Gasteiger partial charge < -0.3 is 10.2 Å². The fraction of sp³-hybridized carbons (Fsp3) is 0.909.